The summed E-state index contributed by atoms with van der Waals surface area (Å²) in [6.45, 7) is 0. The summed E-state index contributed by atoms with van der Waals surface area (Å²) in [5.74, 6) is 0.728. The molecule has 4 aromatic heterocycles. The van der Waals surface area contributed by atoms with Crippen molar-refractivity contribution in [3.63, 3.8) is 0 Å². The van der Waals surface area contributed by atoms with Gasteiger partial charge in [-0.2, -0.15) is 5.10 Å². The lowest BCUT2D eigenvalue weighted by molar-refractivity contribution is 1.10. The van der Waals surface area contributed by atoms with Gasteiger partial charge in [-0.3, -0.25) is 15.1 Å². The van der Waals surface area contributed by atoms with Gasteiger partial charge in [-0.1, -0.05) is 12.1 Å². The van der Waals surface area contributed by atoms with E-state index < -0.39 is 0 Å². The molecule has 6 nitrogen and oxygen atoms in total. The molecule has 0 radical (unpaired) electrons. The fraction of sp³-hybridized carbons (Fsp3) is 0. The number of pyridine rings is 2. The Morgan fingerprint density at radius 1 is 0.846 bits per heavy atom. The topological polar surface area (TPSA) is 83.1 Å². The Labute approximate surface area is 149 Å². The number of nitrogens with one attached hydrogen (secondary N) is 2. The van der Waals surface area contributed by atoms with E-state index in [0.29, 0.717) is 0 Å². The number of rotatable bonds is 3. The molecule has 0 unspecified atom stereocenters. The summed E-state index contributed by atoms with van der Waals surface area (Å²) in [5.41, 5.74) is 5.69. The first-order valence-electron chi connectivity index (χ1n) is 8.24. The minimum atomic E-state index is 0.728. The molecule has 0 fully saturated rings. The van der Waals surface area contributed by atoms with Crippen molar-refractivity contribution < 1.29 is 0 Å². The standard InChI is InChI=1S/C20H14N6/c1-2-7-22-17(5-1)15-10-14(13-4-3-6-21-12-13)11-16-18(15)25-26-19(16)20-23-8-9-24-20/h1-12H,(H,23,24)(H,25,26). The molecule has 6 heteroatoms. The molecule has 2 N–H and O–H groups in total. The fourth-order valence-electron chi connectivity index (χ4n) is 3.12. The van der Waals surface area contributed by atoms with Gasteiger partial charge in [-0.15, -0.1) is 0 Å². The number of H-pyrrole nitrogens is 2. The van der Waals surface area contributed by atoms with Gasteiger partial charge >= 0.3 is 0 Å². The van der Waals surface area contributed by atoms with Crippen LogP contribution in [-0.4, -0.2) is 30.1 Å². The molecule has 0 saturated carbocycles. The van der Waals surface area contributed by atoms with Crippen LogP contribution in [0.1, 0.15) is 0 Å². The third kappa shape index (κ3) is 2.36. The van der Waals surface area contributed by atoms with Gasteiger partial charge in [0.25, 0.3) is 0 Å². The van der Waals surface area contributed by atoms with Crippen LogP contribution in [-0.2, 0) is 0 Å². The van der Waals surface area contributed by atoms with Crippen molar-refractivity contribution in [2.75, 3.05) is 0 Å². The third-order valence-electron chi connectivity index (χ3n) is 4.33. The van der Waals surface area contributed by atoms with Crippen LogP contribution in [0, 0.1) is 0 Å². The zero-order valence-electron chi connectivity index (χ0n) is 13.7. The Hall–Kier alpha value is -3.80. The van der Waals surface area contributed by atoms with Crippen molar-refractivity contribution >= 4 is 10.9 Å². The van der Waals surface area contributed by atoms with Crippen LogP contribution < -0.4 is 0 Å². The van der Waals surface area contributed by atoms with Crippen LogP contribution in [0.3, 0.4) is 0 Å². The Morgan fingerprint density at radius 2 is 1.85 bits per heavy atom. The predicted octanol–water partition coefficient (Wildman–Crippen LogP) is 4.08. The lowest BCUT2D eigenvalue weighted by Gasteiger charge is -2.08. The van der Waals surface area contributed by atoms with Crippen LogP contribution in [0.25, 0.3) is 44.8 Å². The van der Waals surface area contributed by atoms with Gasteiger partial charge in [0, 0.05) is 47.5 Å². The van der Waals surface area contributed by atoms with Gasteiger partial charge in [0.05, 0.1) is 11.2 Å². The summed E-state index contributed by atoms with van der Waals surface area (Å²) in [6, 6.07) is 14.1. The molecular weight excluding hydrogens is 324 g/mol. The van der Waals surface area contributed by atoms with Crippen LogP contribution in [0.15, 0.2) is 73.4 Å². The average Bonchev–Trinajstić information content (AvgIpc) is 3.38. The first-order valence-corrected chi connectivity index (χ1v) is 8.24. The fourth-order valence-corrected chi connectivity index (χ4v) is 3.12. The van der Waals surface area contributed by atoms with Gasteiger partial charge < -0.3 is 4.98 Å². The number of hydrogen-bond acceptors (Lipinski definition) is 4. The quantitative estimate of drug-likeness (QED) is 0.519. The summed E-state index contributed by atoms with van der Waals surface area (Å²) in [4.78, 5) is 16.2. The van der Waals surface area contributed by atoms with Crippen LogP contribution in [0.2, 0.25) is 0 Å². The first kappa shape index (κ1) is 14.5. The molecule has 0 aliphatic heterocycles. The molecule has 5 aromatic rings. The molecular formula is C20H14N6. The number of aromatic nitrogens is 6. The molecule has 1 aromatic carbocycles. The number of imidazole rings is 1. The van der Waals surface area contributed by atoms with E-state index in [1.807, 2.05) is 36.5 Å². The summed E-state index contributed by atoms with van der Waals surface area (Å²) in [7, 11) is 0. The van der Waals surface area contributed by atoms with E-state index in [2.05, 4.69) is 42.3 Å². The van der Waals surface area contributed by atoms with Gasteiger partial charge in [-0.25, -0.2) is 4.98 Å². The van der Waals surface area contributed by atoms with E-state index >= 15 is 0 Å². The largest absolute Gasteiger partial charge is 0.343 e. The highest BCUT2D eigenvalue weighted by atomic mass is 15.1. The van der Waals surface area contributed by atoms with E-state index in [1.165, 1.54) is 0 Å². The second kappa shape index (κ2) is 5.93. The smallest absolute Gasteiger partial charge is 0.158 e. The predicted molar refractivity (Wildman–Crippen MR) is 100 cm³/mol. The number of aromatic amines is 2. The molecule has 0 amide bonds. The molecule has 0 spiro atoms. The number of hydrogen-bond donors (Lipinski definition) is 2. The zero-order chi connectivity index (χ0) is 17.3. The minimum Gasteiger partial charge on any atom is -0.343 e. The van der Waals surface area contributed by atoms with E-state index in [9.17, 15) is 0 Å². The van der Waals surface area contributed by atoms with Crippen LogP contribution in [0.5, 0.6) is 0 Å². The van der Waals surface area contributed by atoms with Crippen molar-refractivity contribution in [3.05, 3.63) is 73.4 Å². The summed E-state index contributed by atoms with van der Waals surface area (Å²) < 4.78 is 0. The molecule has 4 heterocycles. The summed E-state index contributed by atoms with van der Waals surface area (Å²) >= 11 is 0. The number of benzene rings is 1. The lowest BCUT2D eigenvalue weighted by Crippen LogP contribution is -1.88. The van der Waals surface area contributed by atoms with E-state index in [-0.39, 0.29) is 0 Å². The molecule has 5 rings (SSSR count). The monoisotopic (exact) mass is 338 g/mol. The van der Waals surface area contributed by atoms with Crippen LogP contribution in [0.4, 0.5) is 0 Å². The molecule has 0 atom stereocenters. The minimum absolute atomic E-state index is 0.728. The van der Waals surface area contributed by atoms with Crippen molar-refractivity contribution in [3.8, 4) is 33.9 Å². The summed E-state index contributed by atoms with van der Waals surface area (Å²) in [5, 5.41) is 8.64. The van der Waals surface area contributed by atoms with Crippen molar-refractivity contribution in [2.24, 2.45) is 0 Å². The van der Waals surface area contributed by atoms with Crippen LogP contribution >= 0.6 is 0 Å². The third-order valence-corrected chi connectivity index (χ3v) is 4.33. The Kier molecular flexibility index (Phi) is 3.31. The van der Waals surface area contributed by atoms with Gasteiger partial charge in [-0.05, 0) is 35.9 Å². The number of nitrogens with zero attached hydrogens (tertiary/aromatic N) is 4. The lowest BCUT2D eigenvalue weighted by atomic mass is 9.98. The molecule has 0 aliphatic rings. The first-order chi connectivity index (χ1) is 12.9. The second-order valence-corrected chi connectivity index (χ2v) is 5.91. The second-order valence-electron chi connectivity index (χ2n) is 5.91. The maximum atomic E-state index is 4.52. The van der Waals surface area contributed by atoms with Crippen molar-refractivity contribution in [1.29, 1.82) is 0 Å². The highest BCUT2D eigenvalue weighted by Gasteiger charge is 2.16. The molecule has 0 saturated heterocycles. The zero-order valence-corrected chi connectivity index (χ0v) is 13.7. The Bertz CT molecular complexity index is 1160. The van der Waals surface area contributed by atoms with Crippen molar-refractivity contribution in [1.82, 2.24) is 30.1 Å². The molecule has 0 bridgehead atoms. The van der Waals surface area contributed by atoms with E-state index in [4.69, 9.17) is 0 Å². The SMILES string of the molecule is c1ccc(-c2cc(-c3cccnc3)cc3c(-c4ncc[nH]4)n[nH]c23)nc1. The Balaban J connectivity index is 1.83. The maximum Gasteiger partial charge on any atom is 0.158 e. The number of fused-ring (bicyclic) bond motifs is 1. The van der Waals surface area contributed by atoms with Gasteiger partial charge in [0.15, 0.2) is 5.82 Å². The summed E-state index contributed by atoms with van der Waals surface area (Å²) in [6.07, 6.45) is 8.94. The van der Waals surface area contributed by atoms with E-state index in [0.717, 1.165) is 44.8 Å². The highest BCUT2D eigenvalue weighted by Crippen LogP contribution is 2.35. The maximum absolute atomic E-state index is 4.52. The normalized spacial score (nSPS) is 11.1. The highest BCUT2D eigenvalue weighted by molar-refractivity contribution is 6.02. The Morgan fingerprint density at radius 3 is 2.62 bits per heavy atom. The van der Waals surface area contributed by atoms with Gasteiger partial charge in [0.2, 0.25) is 0 Å². The van der Waals surface area contributed by atoms with Gasteiger partial charge in [0.1, 0.15) is 5.69 Å². The average molecular weight is 338 g/mol. The molecule has 124 valence electrons. The van der Waals surface area contributed by atoms with E-state index in [1.54, 1.807) is 24.8 Å². The molecule has 26 heavy (non-hydrogen) atoms. The molecule has 0 aliphatic carbocycles. The van der Waals surface area contributed by atoms with Crippen molar-refractivity contribution in [2.45, 2.75) is 0 Å².